The van der Waals surface area contributed by atoms with Gasteiger partial charge in [0, 0.05) is 43.8 Å². The minimum atomic E-state index is -3.36. The molecule has 1 aliphatic carbocycles. The van der Waals surface area contributed by atoms with E-state index in [2.05, 4.69) is 180 Å². The average Bonchev–Trinajstić information content (AvgIpc) is 3.93. The lowest BCUT2D eigenvalue weighted by atomic mass is 9.65. The molecule has 11 aromatic rings. The van der Waals surface area contributed by atoms with E-state index in [-0.39, 0.29) is 0 Å². The van der Waals surface area contributed by atoms with Gasteiger partial charge in [-0.1, -0.05) is 182 Å². The van der Waals surface area contributed by atoms with Gasteiger partial charge in [0.25, 0.3) is 0 Å². The number of pyridine rings is 1. The van der Waals surface area contributed by atoms with Crippen LogP contribution < -0.4 is 15.9 Å². The molecule has 9 aromatic carbocycles. The van der Waals surface area contributed by atoms with E-state index in [0.29, 0.717) is 0 Å². The van der Waals surface area contributed by atoms with E-state index >= 15 is 4.57 Å². The van der Waals surface area contributed by atoms with Gasteiger partial charge in [-0.2, -0.15) is 0 Å². The predicted octanol–water partition coefficient (Wildman–Crippen LogP) is 13.0. The zero-order chi connectivity index (χ0) is 40.7. The van der Waals surface area contributed by atoms with Gasteiger partial charge in [0.1, 0.15) is 0 Å². The second-order valence-corrected chi connectivity index (χ2v) is 19.6. The summed E-state index contributed by atoms with van der Waals surface area (Å²) in [5, 5.41) is 6.34. The molecule has 2 aliphatic heterocycles. The summed E-state index contributed by atoms with van der Waals surface area (Å²) in [7, 11) is -3.36. The maximum atomic E-state index is 16.7. The molecular formula is C58H35N2OP. The van der Waals surface area contributed by atoms with Crippen molar-refractivity contribution in [1.29, 1.82) is 0 Å². The number of hydrogen-bond donors (Lipinski definition) is 0. The van der Waals surface area contributed by atoms with E-state index < -0.39 is 12.6 Å². The number of aromatic nitrogens is 2. The second-order valence-electron chi connectivity index (χ2n) is 16.9. The van der Waals surface area contributed by atoms with Crippen LogP contribution in [0.5, 0.6) is 0 Å². The molecule has 0 saturated carbocycles. The average molecular weight is 807 g/mol. The molecule has 0 amide bonds. The van der Waals surface area contributed by atoms with Crippen LogP contribution in [-0.4, -0.2) is 9.55 Å². The standard InChI is InChI=1S/C58H35N2OP/c61-62(40-15-2-1-3-16-40)53-25-9-5-18-43(53)45-31-33-49-54(57(45)62)46-35-39(36-26-28-37(29-27-36)41-19-10-13-38-14-12-34-59-55(38)41)30-32-47(46)58(49)48-21-6-8-24-52(48)60-51-23-7-4-17-42(51)44-20-11-22-50(58)56(44)60/h1-35H/t58?,62-/m0/s1. The van der Waals surface area contributed by atoms with Crippen molar-refractivity contribution in [3.05, 3.63) is 235 Å². The molecule has 0 bridgehead atoms. The number of nitrogens with zero attached hydrogens (tertiary/aromatic N) is 2. The molecule has 4 heterocycles. The summed E-state index contributed by atoms with van der Waals surface area (Å²) in [5.74, 6) is 0. The molecule has 3 aliphatic rings. The minimum Gasteiger partial charge on any atom is -0.309 e. The van der Waals surface area contributed by atoms with Crippen LogP contribution in [0.4, 0.5) is 0 Å². The normalized spacial score (nSPS) is 17.5. The van der Waals surface area contributed by atoms with Gasteiger partial charge in [0.2, 0.25) is 0 Å². The highest BCUT2D eigenvalue weighted by molar-refractivity contribution is 7.86. The van der Waals surface area contributed by atoms with E-state index in [4.69, 9.17) is 4.98 Å². The summed E-state index contributed by atoms with van der Waals surface area (Å²) in [6, 6.07) is 74.3. The Morgan fingerprint density at radius 2 is 1.16 bits per heavy atom. The maximum absolute atomic E-state index is 16.7. The molecule has 1 spiro atoms. The molecule has 62 heavy (non-hydrogen) atoms. The van der Waals surface area contributed by atoms with Crippen molar-refractivity contribution in [3.8, 4) is 50.2 Å². The van der Waals surface area contributed by atoms with E-state index in [9.17, 15) is 0 Å². The molecular weight excluding hydrogens is 772 g/mol. The number of rotatable bonds is 3. The van der Waals surface area contributed by atoms with E-state index in [1.54, 1.807) is 0 Å². The van der Waals surface area contributed by atoms with Crippen LogP contribution in [0.2, 0.25) is 0 Å². The van der Waals surface area contributed by atoms with E-state index in [0.717, 1.165) is 71.3 Å². The van der Waals surface area contributed by atoms with Gasteiger partial charge in [-0.3, -0.25) is 4.98 Å². The first-order valence-corrected chi connectivity index (χ1v) is 23.0. The fraction of sp³-hybridized carbons (Fsp3) is 0.0172. The third kappa shape index (κ3) is 4.17. The number of fused-ring (bicyclic) bond motifs is 17. The Morgan fingerprint density at radius 1 is 0.468 bits per heavy atom. The maximum Gasteiger partial charge on any atom is 0.172 e. The van der Waals surface area contributed by atoms with Gasteiger partial charge >= 0.3 is 0 Å². The van der Waals surface area contributed by atoms with Gasteiger partial charge < -0.3 is 9.13 Å². The highest BCUT2D eigenvalue weighted by Gasteiger charge is 2.54. The fourth-order valence-electron chi connectivity index (χ4n) is 11.6. The fourth-order valence-corrected chi connectivity index (χ4v) is 14.9. The van der Waals surface area contributed by atoms with Crippen LogP contribution in [0.25, 0.3) is 82.9 Å². The van der Waals surface area contributed by atoms with Gasteiger partial charge in [-0.15, -0.1) is 0 Å². The molecule has 1 unspecified atom stereocenters. The molecule has 0 saturated heterocycles. The van der Waals surface area contributed by atoms with Crippen molar-refractivity contribution >= 4 is 55.8 Å². The third-order valence-corrected chi connectivity index (χ3v) is 17.2. The topological polar surface area (TPSA) is 34.9 Å². The molecule has 0 fully saturated rings. The Hall–Kier alpha value is -7.58. The highest BCUT2D eigenvalue weighted by atomic mass is 31.2. The van der Waals surface area contributed by atoms with Crippen molar-refractivity contribution in [3.63, 3.8) is 0 Å². The zero-order valence-electron chi connectivity index (χ0n) is 33.5. The van der Waals surface area contributed by atoms with Crippen molar-refractivity contribution in [1.82, 2.24) is 9.55 Å². The zero-order valence-corrected chi connectivity index (χ0v) is 34.4. The molecule has 3 nitrogen and oxygen atoms in total. The first kappa shape index (κ1) is 34.2. The summed E-state index contributed by atoms with van der Waals surface area (Å²) in [6.45, 7) is 0. The number of benzene rings is 9. The first-order valence-electron chi connectivity index (χ1n) is 21.3. The van der Waals surface area contributed by atoms with Gasteiger partial charge in [0.15, 0.2) is 7.14 Å². The quantitative estimate of drug-likeness (QED) is 0.167. The molecule has 2 aromatic heterocycles. The van der Waals surface area contributed by atoms with Crippen molar-refractivity contribution in [2.45, 2.75) is 5.41 Å². The monoisotopic (exact) mass is 806 g/mol. The Bertz CT molecular complexity index is 3780. The SMILES string of the molecule is O=[P@@]1(c2ccccc2)c2ccccc2-c2ccc3c(c21)-c1cc(-c2ccc(-c4cccc5cccnc45)cc2)ccc1C31c2ccccc2-n2c3ccccc3c3cccc1c32. The molecule has 2 atom stereocenters. The molecule has 4 heteroatoms. The second kappa shape index (κ2) is 12.3. The van der Waals surface area contributed by atoms with Crippen LogP contribution in [0.3, 0.4) is 0 Å². The summed E-state index contributed by atoms with van der Waals surface area (Å²) in [5.41, 5.74) is 17.6. The molecule has 14 rings (SSSR count). The number of hydrogen-bond acceptors (Lipinski definition) is 2. The lowest BCUT2D eigenvalue weighted by molar-refractivity contribution is 0.593. The van der Waals surface area contributed by atoms with Crippen LogP contribution in [0, 0.1) is 0 Å². The van der Waals surface area contributed by atoms with Crippen LogP contribution in [0.15, 0.2) is 212 Å². The van der Waals surface area contributed by atoms with Crippen molar-refractivity contribution in [2.75, 3.05) is 0 Å². The Morgan fingerprint density at radius 3 is 2.08 bits per heavy atom. The lowest BCUT2D eigenvalue weighted by Gasteiger charge is -2.39. The van der Waals surface area contributed by atoms with E-state index in [1.165, 1.54) is 49.7 Å². The minimum absolute atomic E-state index is 0.680. The van der Waals surface area contributed by atoms with Gasteiger partial charge in [-0.25, -0.2) is 0 Å². The summed E-state index contributed by atoms with van der Waals surface area (Å²) in [4.78, 5) is 4.75. The Labute approximate surface area is 358 Å². The highest BCUT2D eigenvalue weighted by Crippen LogP contribution is 2.65. The van der Waals surface area contributed by atoms with Crippen LogP contribution in [0.1, 0.15) is 22.3 Å². The Balaban J connectivity index is 1.09. The Kier molecular flexibility index (Phi) is 6.76. The lowest BCUT2D eigenvalue weighted by Crippen LogP contribution is -2.34. The first-order chi connectivity index (χ1) is 30.7. The molecule has 288 valence electrons. The van der Waals surface area contributed by atoms with Gasteiger partial charge in [0.05, 0.1) is 27.7 Å². The van der Waals surface area contributed by atoms with Crippen LogP contribution >= 0.6 is 7.14 Å². The van der Waals surface area contributed by atoms with Crippen molar-refractivity contribution < 1.29 is 4.57 Å². The summed E-state index contributed by atoms with van der Waals surface area (Å²) in [6.07, 6.45) is 1.87. The number of para-hydroxylation sites is 4. The smallest absolute Gasteiger partial charge is 0.172 e. The summed E-state index contributed by atoms with van der Waals surface area (Å²) < 4.78 is 19.1. The van der Waals surface area contributed by atoms with Crippen molar-refractivity contribution in [2.24, 2.45) is 0 Å². The summed E-state index contributed by atoms with van der Waals surface area (Å²) >= 11 is 0. The van der Waals surface area contributed by atoms with Gasteiger partial charge in [-0.05, 0) is 85.5 Å². The molecule has 0 N–H and O–H groups in total. The van der Waals surface area contributed by atoms with Crippen LogP contribution in [-0.2, 0) is 9.98 Å². The van der Waals surface area contributed by atoms with E-state index in [1.807, 2.05) is 36.5 Å². The predicted molar refractivity (Wildman–Crippen MR) is 256 cm³/mol. The molecule has 0 radical (unpaired) electrons. The largest absolute Gasteiger partial charge is 0.309 e. The third-order valence-electron chi connectivity index (χ3n) is 14.1.